The minimum Gasteiger partial charge on any atom is -0.496 e. The van der Waals surface area contributed by atoms with Crippen LogP contribution in [0.2, 0.25) is 0 Å². The number of para-hydroxylation sites is 1. The SMILES string of the molecule is COc1cc(C)c(C(=O)Nc2ccccc2C(N)=O)cc1C(C)C. The van der Waals surface area contributed by atoms with Crippen LogP contribution < -0.4 is 15.8 Å². The van der Waals surface area contributed by atoms with Crippen molar-refractivity contribution in [2.75, 3.05) is 12.4 Å². The number of ether oxygens (including phenoxy) is 1. The molecule has 0 aliphatic heterocycles. The van der Waals surface area contributed by atoms with Crippen molar-refractivity contribution in [3.63, 3.8) is 0 Å². The third-order valence-electron chi connectivity index (χ3n) is 3.88. The predicted octanol–water partition coefficient (Wildman–Crippen LogP) is 3.48. The third-order valence-corrected chi connectivity index (χ3v) is 3.88. The first-order valence-electron chi connectivity index (χ1n) is 7.73. The quantitative estimate of drug-likeness (QED) is 0.882. The lowest BCUT2D eigenvalue weighted by Gasteiger charge is -2.16. The van der Waals surface area contributed by atoms with Crippen molar-refractivity contribution in [1.82, 2.24) is 0 Å². The lowest BCUT2D eigenvalue weighted by Crippen LogP contribution is -2.19. The molecule has 0 aliphatic carbocycles. The lowest BCUT2D eigenvalue weighted by atomic mass is 9.96. The van der Waals surface area contributed by atoms with Crippen LogP contribution in [0.15, 0.2) is 36.4 Å². The van der Waals surface area contributed by atoms with E-state index in [9.17, 15) is 9.59 Å². The summed E-state index contributed by atoms with van der Waals surface area (Å²) >= 11 is 0. The first-order chi connectivity index (χ1) is 11.3. The fourth-order valence-corrected chi connectivity index (χ4v) is 2.57. The molecule has 5 heteroatoms. The highest BCUT2D eigenvalue weighted by atomic mass is 16.5. The summed E-state index contributed by atoms with van der Waals surface area (Å²) in [5.74, 6) is 0.104. The number of benzene rings is 2. The summed E-state index contributed by atoms with van der Waals surface area (Å²) in [5, 5.41) is 2.77. The van der Waals surface area contributed by atoms with Gasteiger partial charge in [-0.05, 0) is 48.2 Å². The maximum Gasteiger partial charge on any atom is 0.255 e. The number of hydrogen-bond acceptors (Lipinski definition) is 3. The van der Waals surface area contributed by atoms with Crippen LogP contribution in [0, 0.1) is 6.92 Å². The van der Waals surface area contributed by atoms with Crippen molar-refractivity contribution >= 4 is 17.5 Å². The number of aryl methyl sites for hydroxylation is 1. The predicted molar refractivity (Wildman–Crippen MR) is 94.7 cm³/mol. The lowest BCUT2D eigenvalue weighted by molar-refractivity contribution is 0.100. The van der Waals surface area contributed by atoms with Gasteiger partial charge < -0.3 is 15.8 Å². The number of methoxy groups -OCH3 is 1. The molecule has 0 fully saturated rings. The van der Waals surface area contributed by atoms with Crippen LogP contribution in [0.3, 0.4) is 0 Å². The zero-order valence-corrected chi connectivity index (χ0v) is 14.3. The van der Waals surface area contributed by atoms with E-state index in [1.54, 1.807) is 31.4 Å². The summed E-state index contributed by atoms with van der Waals surface area (Å²) in [6.07, 6.45) is 0. The van der Waals surface area contributed by atoms with E-state index in [1.807, 2.05) is 32.9 Å². The average Bonchev–Trinajstić information content (AvgIpc) is 2.54. The number of primary amides is 1. The van der Waals surface area contributed by atoms with Gasteiger partial charge in [0.2, 0.25) is 0 Å². The van der Waals surface area contributed by atoms with Crippen LogP contribution in [-0.4, -0.2) is 18.9 Å². The monoisotopic (exact) mass is 326 g/mol. The van der Waals surface area contributed by atoms with Gasteiger partial charge >= 0.3 is 0 Å². The van der Waals surface area contributed by atoms with E-state index in [2.05, 4.69) is 5.32 Å². The smallest absolute Gasteiger partial charge is 0.255 e. The average molecular weight is 326 g/mol. The fraction of sp³-hybridized carbons (Fsp3) is 0.263. The molecule has 0 unspecified atom stereocenters. The molecule has 0 saturated heterocycles. The van der Waals surface area contributed by atoms with Crippen LogP contribution in [0.4, 0.5) is 5.69 Å². The zero-order valence-electron chi connectivity index (χ0n) is 14.3. The Morgan fingerprint density at radius 3 is 2.38 bits per heavy atom. The Balaban J connectivity index is 2.41. The second-order valence-electron chi connectivity index (χ2n) is 5.93. The Labute approximate surface area is 141 Å². The van der Waals surface area contributed by atoms with Gasteiger partial charge in [0.15, 0.2) is 0 Å². The highest BCUT2D eigenvalue weighted by molar-refractivity contribution is 6.09. The van der Waals surface area contributed by atoms with E-state index >= 15 is 0 Å². The molecule has 126 valence electrons. The van der Waals surface area contributed by atoms with Crippen LogP contribution in [0.25, 0.3) is 0 Å². The molecule has 2 aromatic carbocycles. The number of nitrogens with two attached hydrogens (primary N) is 1. The molecule has 0 spiro atoms. The summed E-state index contributed by atoms with van der Waals surface area (Å²) < 4.78 is 5.40. The minimum absolute atomic E-state index is 0.213. The maximum absolute atomic E-state index is 12.7. The van der Waals surface area contributed by atoms with E-state index in [4.69, 9.17) is 10.5 Å². The molecule has 24 heavy (non-hydrogen) atoms. The zero-order chi connectivity index (χ0) is 17.9. The van der Waals surface area contributed by atoms with Gasteiger partial charge in [-0.3, -0.25) is 9.59 Å². The number of anilines is 1. The Morgan fingerprint density at radius 2 is 1.79 bits per heavy atom. The van der Waals surface area contributed by atoms with Gasteiger partial charge in [-0.1, -0.05) is 26.0 Å². The minimum atomic E-state index is -0.583. The van der Waals surface area contributed by atoms with Gasteiger partial charge in [0, 0.05) is 5.56 Å². The first kappa shape index (κ1) is 17.5. The second-order valence-corrected chi connectivity index (χ2v) is 5.93. The van der Waals surface area contributed by atoms with Gasteiger partial charge in [0.25, 0.3) is 11.8 Å². The Kier molecular flexibility index (Phi) is 5.24. The maximum atomic E-state index is 12.7. The molecule has 0 aliphatic rings. The second kappa shape index (κ2) is 7.17. The number of carbonyl (C=O) groups excluding carboxylic acids is 2. The number of amides is 2. The van der Waals surface area contributed by atoms with Gasteiger partial charge in [0.05, 0.1) is 18.4 Å². The topological polar surface area (TPSA) is 81.4 Å². The molecule has 2 rings (SSSR count). The molecule has 5 nitrogen and oxygen atoms in total. The van der Waals surface area contributed by atoms with Crippen molar-refractivity contribution < 1.29 is 14.3 Å². The number of nitrogens with one attached hydrogen (secondary N) is 1. The molecule has 0 heterocycles. The van der Waals surface area contributed by atoms with E-state index < -0.39 is 5.91 Å². The molecule has 0 bridgehead atoms. The van der Waals surface area contributed by atoms with Crippen molar-refractivity contribution in [1.29, 1.82) is 0 Å². The molecule has 0 radical (unpaired) electrons. The van der Waals surface area contributed by atoms with Gasteiger partial charge in [-0.15, -0.1) is 0 Å². The van der Waals surface area contributed by atoms with Crippen LogP contribution in [0.5, 0.6) is 5.75 Å². The third kappa shape index (κ3) is 3.56. The molecular weight excluding hydrogens is 304 g/mol. The van der Waals surface area contributed by atoms with Crippen molar-refractivity contribution in [3.05, 3.63) is 58.7 Å². The summed E-state index contributed by atoms with van der Waals surface area (Å²) in [5.41, 5.74) is 8.32. The number of rotatable bonds is 5. The van der Waals surface area contributed by atoms with Gasteiger partial charge in [0.1, 0.15) is 5.75 Å². The van der Waals surface area contributed by atoms with Gasteiger partial charge in [-0.2, -0.15) is 0 Å². The fourth-order valence-electron chi connectivity index (χ4n) is 2.57. The van der Waals surface area contributed by atoms with Crippen molar-refractivity contribution in [3.8, 4) is 5.75 Å². The first-order valence-corrected chi connectivity index (χ1v) is 7.73. The summed E-state index contributed by atoms with van der Waals surface area (Å²) in [6, 6.07) is 10.4. The molecule has 2 aromatic rings. The van der Waals surface area contributed by atoms with Crippen LogP contribution >= 0.6 is 0 Å². The molecular formula is C19H22N2O3. The molecule has 0 aromatic heterocycles. The summed E-state index contributed by atoms with van der Waals surface area (Å²) in [4.78, 5) is 24.2. The Bertz CT molecular complexity index is 782. The Hall–Kier alpha value is -2.82. The van der Waals surface area contributed by atoms with Crippen molar-refractivity contribution in [2.24, 2.45) is 5.73 Å². The van der Waals surface area contributed by atoms with E-state index in [0.29, 0.717) is 11.3 Å². The van der Waals surface area contributed by atoms with E-state index in [-0.39, 0.29) is 17.4 Å². The van der Waals surface area contributed by atoms with Crippen LogP contribution in [-0.2, 0) is 0 Å². The largest absolute Gasteiger partial charge is 0.496 e. The van der Waals surface area contributed by atoms with Crippen molar-refractivity contribution in [2.45, 2.75) is 26.7 Å². The molecule has 3 N–H and O–H groups in total. The van der Waals surface area contributed by atoms with E-state index in [0.717, 1.165) is 16.9 Å². The number of hydrogen-bond donors (Lipinski definition) is 2. The molecule has 0 saturated carbocycles. The summed E-state index contributed by atoms with van der Waals surface area (Å²) in [6.45, 7) is 5.93. The highest BCUT2D eigenvalue weighted by Crippen LogP contribution is 2.30. The normalized spacial score (nSPS) is 10.5. The molecule has 2 amide bonds. The standard InChI is InChI=1S/C19H22N2O3/c1-11(2)14-10-15(12(3)9-17(14)24-4)19(23)21-16-8-6-5-7-13(16)18(20)22/h5-11H,1-4H3,(H2,20,22)(H,21,23). The van der Waals surface area contributed by atoms with Gasteiger partial charge in [-0.25, -0.2) is 0 Å². The Morgan fingerprint density at radius 1 is 1.12 bits per heavy atom. The summed E-state index contributed by atoms with van der Waals surface area (Å²) in [7, 11) is 1.61. The van der Waals surface area contributed by atoms with E-state index in [1.165, 1.54) is 0 Å². The number of carbonyl (C=O) groups is 2. The molecule has 0 atom stereocenters. The highest BCUT2D eigenvalue weighted by Gasteiger charge is 2.17. The van der Waals surface area contributed by atoms with Crippen LogP contribution in [0.1, 0.15) is 51.6 Å².